The first-order valence-electron chi connectivity index (χ1n) is 9.48. The van der Waals surface area contributed by atoms with Gasteiger partial charge < -0.3 is 14.4 Å². The van der Waals surface area contributed by atoms with Gasteiger partial charge in [-0.15, -0.1) is 0 Å². The van der Waals surface area contributed by atoms with E-state index in [1.54, 1.807) is 31.1 Å². The predicted octanol–water partition coefficient (Wildman–Crippen LogP) is 4.32. The summed E-state index contributed by atoms with van der Waals surface area (Å²) in [5.74, 6) is -0.831. The van der Waals surface area contributed by atoms with Crippen molar-refractivity contribution in [2.45, 2.75) is 25.9 Å². The molecule has 0 saturated carbocycles. The quantitative estimate of drug-likeness (QED) is 0.634. The Kier molecular flexibility index (Phi) is 7.07. The molecule has 3 rings (SSSR count). The highest BCUT2D eigenvalue weighted by atomic mass is 35.5. The number of nitrogens with zero attached hydrogens (tertiary/aromatic N) is 1. The second-order valence-corrected chi connectivity index (χ2v) is 7.34. The van der Waals surface area contributed by atoms with E-state index in [-0.39, 0.29) is 24.9 Å². The third-order valence-corrected chi connectivity index (χ3v) is 5.30. The highest BCUT2D eigenvalue weighted by Gasteiger charge is 2.36. The molecule has 2 aromatic rings. The molecule has 0 N–H and O–H groups in total. The number of carbonyl (C=O) groups is 2. The lowest BCUT2D eigenvalue weighted by Gasteiger charge is -2.34. The van der Waals surface area contributed by atoms with E-state index < -0.39 is 5.97 Å². The topological polar surface area (TPSA) is 55.8 Å². The van der Waals surface area contributed by atoms with Crippen LogP contribution in [0.4, 0.5) is 0 Å². The van der Waals surface area contributed by atoms with Crippen LogP contribution in [-0.2, 0) is 25.7 Å². The van der Waals surface area contributed by atoms with Crippen molar-refractivity contribution in [1.29, 1.82) is 0 Å². The number of amides is 1. The highest BCUT2D eigenvalue weighted by molar-refractivity contribution is 6.30. The number of methoxy groups -OCH3 is 1. The number of esters is 1. The molecule has 1 aliphatic heterocycles. The van der Waals surface area contributed by atoms with E-state index in [1.807, 2.05) is 42.5 Å². The van der Waals surface area contributed by atoms with Crippen molar-refractivity contribution in [2.75, 3.05) is 20.3 Å². The molecule has 0 saturated heterocycles. The fourth-order valence-corrected chi connectivity index (χ4v) is 3.64. The lowest BCUT2D eigenvalue weighted by atomic mass is 9.83. The van der Waals surface area contributed by atoms with Crippen LogP contribution in [0.15, 0.2) is 65.9 Å². The SMILES string of the molecule is COCCN1C(=O)CC(c2ccc(Cl)cc2)C(C(=O)OCc2ccccc2)=C1C. The number of hydrogen-bond donors (Lipinski definition) is 0. The van der Waals surface area contributed by atoms with E-state index in [2.05, 4.69) is 0 Å². The number of benzene rings is 2. The summed E-state index contributed by atoms with van der Waals surface area (Å²) in [7, 11) is 1.58. The summed E-state index contributed by atoms with van der Waals surface area (Å²) in [5, 5.41) is 0.603. The minimum absolute atomic E-state index is 0.0425. The molecule has 1 aliphatic rings. The normalized spacial score (nSPS) is 16.9. The van der Waals surface area contributed by atoms with E-state index >= 15 is 0 Å². The van der Waals surface area contributed by atoms with Gasteiger partial charge in [-0.3, -0.25) is 4.79 Å². The molecule has 0 aliphatic carbocycles. The molecular weight excluding hydrogens is 390 g/mol. The van der Waals surface area contributed by atoms with Crippen LogP contribution in [0.2, 0.25) is 5.02 Å². The molecular formula is C23H24ClNO4. The molecule has 0 fully saturated rings. The van der Waals surface area contributed by atoms with Crippen molar-refractivity contribution < 1.29 is 19.1 Å². The zero-order valence-electron chi connectivity index (χ0n) is 16.6. The summed E-state index contributed by atoms with van der Waals surface area (Å²) in [6, 6.07) is 16.7. The Morgan fingerprint density at radius 1 is 1.14 bits per heavy atom. The lowest BCUT2D eigenvalue weighted by molar-refractivity contribution is -0.141. The lowest BCUT2D eigenvalue weighted by Crippen LogP contribution is -2.40. The minimum Gasteiger partial charge on any atom is -0.457 e. The maximum atomic E-state index is 13.1. The summed E-state index contributed by atoms with van der Waals surface area (Å²) in [5.41, 5.74) is 2.88. The zero-order valence-corrected chi connectivity index (χ0v) is 17.3. The molecule has 1 amide bonds. The molecule has 0 radical (unpaired) electrons. The second kappa shape index (κ2) is 9.72. The van der Waals surface area contributed by atoms with Crippen LogP contribution >= 0.6 is 11.6 Å². The first-order valence-corrected chi connectivity index (χ1v) is 9.85. The van der Waals surface area contributed by atoms with Crippen molar-refractivity contribution >= 4 is 23.5 Å². The summed E-state index contributed by atoms with van der Waals surface area (Å²) in [6.45, 7) is 2.75. The van der Waals surface area contributed by atoms with Crippen molar-refractivity contribution in [3.8, 4) is 0 Å². The Morgan fingerprint density at radius 3 is 2.48 bits per heavy atom. The smallest absolute Gasteiger partial charge is 0.336 e. The van der Waals surface area contributed by atoms with Gasteiger partial charge in [0.1, 0.15) is 6.61 Å². The van der Waals surface area contributed by atoms with Gasteiger partial charge in [-0.1, -0.05) is 54.1 Å². The largest absolute Gasteiger partial charge is 0.457 e. The van der Waals surface area contributed by atoms with E-state index in [1.165, 1.54) is 0 Å². The second-order valence-electron chi connectivity index (χ2n) is 6.91. The van der Waals surface area contributed by atoms with Crippen LogP contribution in [0.3, 0.4) is 0 Å². The van der Waals surface area contributed by atoms with Gasteiger partial charge in [0.05, 0.1) is 12.2 Å². The number of hydrogen-bond acceptors (Lipinski definition) is 4. The third kappa shape index (κ3) is 5.05. The van der Waals surface area contributed by atoms with Crippen molar-refractivity contribution in [2.24, 2.45) is 0 Å². The van der Waals surface area contributed by atoms with E-state index in [9.17, 15) is 9.59 Å². The number of rotatable bonds is 7. The van der Waals surface area contributed by atoms with Gasteiger partial charge in [-0.05, 0) is 30.2 Å². The number of carbonyl (C=O) groups excluding carboxylic acids is 2. The molecule has 0 bridgehead atoms. The molecule has 0 aromatic heterocycles. The maximum Gasteiger partial charge on any atom is 0.336 e. The fourth-order valence-electron chi connectivity index (χ4n) is 3.52. The third-order valence-electron chi connectivity index (χ3n) is 5.05. The first kappa shape index (κ1) is 21.1. The number of allylic oxidation sites excluding steroid dienone is 1. The Labute approximate surface area is 175 Å². The van der Waals surface area contributed by atoms with Gasteiger partial charge >= 0.3 is 5.97 Å². The van der Waals surface area contributed by atoms with Crippen molar-refractivity contribution in [3.63, 3.8) is 0 Å². The molecule has 1 unspecified atom stereocenters. The molecule has 6 heteroatoms. The molecule has 0 spiro atoms. The molecule has 5 nitrogen and oxygen atoms in total. The Bertz CT molecular complexity index is 893. The van der Waals surface area contributed by atoms with Gasteiger partial charge in [-0.2, -0.15) is 0 Å². The van der Waals surface area contributed by atoms with Crippen LogP contribution < -0.4 is 0 Å². The van der Waals surface area contributed by atoms with Crippen LogP contribution in [0.25, 0.3) is 0 Å². The number of halogens is 1. The molecule has 1 heterocycles. The Balaban J connectivity index is 1.92. The summed E-state index contributed by atoms with van der Waals surface area (Å²) < 4.78 is 10.7. The first-order chi connectivity index (χ1) is 14.0. The summed E-state index contributed by atoms with van der Waals surface area (Å²) in [6.07, 6.45) is 0.193. The van der Waals surface area contributed by atoms with Crippen LogP contribution in [0.5, 0.6) is 0 Å². The zero-order chi connectivity index (χ0) is 20.8. The minimum atomic E-state index is -0.416. The average Bonchev–Trinajstić information content (AvgIpc) is 2.73. The average molecular weight is 414 g/mol. The number of ether oxygens (including phenoxy) is 2. The van der Waals surface area contributed by atoms with Crippen molar-refractivity contribution in [1.82, 2.24) is 4.90 Å². The van der Waals surface area contributed by atoms with E-state index in [4.69, 9.17) is 21.1 Å². The van der Waals surface area contributed by atoms with E-state index in [0.717, 1.165) is 11.1 Å². The summed E-state index contributed by atoms with van der Waals surface area (Å²) in [4.78, 5) is 27.5. The molecule has 1 atom stereocenters. The van der Waals surface area contributed by atoms with Crippen LogP contribution in [0.1, 0.15) is 30.4 Å². The molecule has 152 valence electrons. The van der Waals surface area contributed by atoms with Gasteiger partial charge in [0.15, 0.2) is 0 Å². The fraction of sp³-hybridized carbons (Fsp3) is 0.304. The van der Waals surface area contributed by atoms with Crippen molar-refractivity contribution in [3.05, 3.63) is 82.0 Å². The Morgan fingerprint density at radius 2 is 1.83 bits per heavy atom. The molecule has 2 aromatic carbocycles. The highest BCUT2D eigenvalue weighted by Crippen LogP contribution is 2.37. The van der Waals surface area contributed by atoms with Crippen LogP contribution in [-0.4, -0.2) is 37.0 Å². The predicted molar refractivity (Wildman–Crippen MR) is 111 cm³/mol. The van der Waals surface area contributed by atoms with Gasteiger partial charge in [-0.25, -0.2) is 4.79 Å². The maximum absolute atomic E-state index is 13.1. The van der Waals surface area contributed by atoms with Gasteiger partial charge in [0.25, 0.3) is 0 Å². The standard InChI is InChI=1S/C23H24ClNO4/c1-16-22(23(27)29-15-17-6-4-3-5-7-17)20(18-8-10-19(24)11-9-18)14-21(26)25(16)12-13-28-2/h3-11,20H,12-15H2,1-2H3. The Hall–Kier alpha value is -2.63. The molecule has 29 heavy (non-hydrogen) atoms. The van der Waals surface area contributed by atoms with Crippen LogP contribution in [0, 0.1) is 0 Å². The monoisotopic (exact) mass is 413 g/mol. The van der Waals surface area contributed by atoms with E-state index in [0.29, 0.717) is 29.4 Å². The summed E-state index contributed by atoms with van der Waals surface area (Å²) >= 11 is 6.01. The van der Waals surface area contributed by atoms with Gasteiger partial charge in [0.2, 0.25) is 5.91 Å². The van der Waals surface area contributed by atoms with Gasteiger partial charge in [0, 0.05) is 36.7 Å².